The van der Waals surface area contributed by atoms with Gasteiger partial charge in [0, 0.05) is 25.9 Å². The van der Waals surface area contributed by atoms with Gasteiger partial charge in [-0.15, -0.1) is 0 Å². The van der Waals surface area contributed by atoms with Gasteiger partial charge in [-0.2, -0.15) is 0 Å². The highest BCUT2D eigenvalue weighted by Crippen LogP contribution is 2.29. The molecule has 9 nitrogen and oxygen atoms in total. The normalized spacial score (nSPS) is 19.6. The Hall–Kier alpha value is -1.98. The third-order valence-electron chi connectivity index (χ3n) is 4.70. The highest BCUT2D eigenvalue weighted by molar-refractivity contribution is 9.10. The minimum atomic E-state index is -0.953. The Bertz CT molecular complexity index is 864. The third kappa shape index (κ3) is 4.20. The number of nitrogens with zero attached hydrogens (tertiary/aromatic N) is 3. The van der Waals surface area contributed by atoms with E-state index in [2.05, 4.69) is 36.2 Å². The average Bonchev–Trinajstić information content (AvgIpc) is 3.26. The number of ether oxygens (including phenoxy) is 1. The van der Waals surface area contributed by atoms with Crippen LogP contribution in [0.3, 0.4) is 0 Å². The SMILES string of the molecule is CCc1nc(N2CC[C@@H](NC(=O)c3nc(Br)c(C)[nH]3)[C@@H](OC)C2)sc1C(=O)O. The lowest BCUT2D eigenvalue weighted by molar-refractivity contribution is 0.0538. The molecule has 0 aliphatic carbocycles. The molecule has 3 rings (SSSR count). The first kappa shape index (κ1) is 20.7. The first-order valence-corrected chi connectivity index (χ1v) is 10.5. The van der Waals surface area contributed by atoms with Crippen LogP contribution in [0.5, 0.6) is 0 Å². The van der Waals surface area contributed by atoms with Crippen molar-refractivity contribution in [2.45, 2.75) is 38.8 Å². The molecule has 1 amide bonds. The van der Waals surface area contributed by atoms with Gasteiger partial charge in [0.25, 0.3) is 5.91 Å². The molecule has 3 N–H and O–H groups in total. The lowest BCUT2D eigenvalue weighted by Gasteiger charge is -2.37. The molecular weight excluding hydrogens is 450 g/mol. The Labute approximate surface area is 174 Å². The van der Waals surface area contributed by atoms with Crippen LogP contribution in [0.25, 0.3) is 0 Å². The Morgan fingerprint density at radius 1 is 1.46 bits per heavy atom. The number of rotatable bonds is 6. The number of halogens is 1. The summed E-state index contributed by atoms with van der Waals surface area (Å²) in [4.78, 5) is 37.8. The number of piperidine rings is 1. The summed E-state index contributed by atoms with van der Waals surface area (Å²) in [6.07, 6.45) is 0.963. The number of carboxylic acids is 1. The number of hydrogen-bond donors (Lipinski definition) is 3. The van der Waals surface area contributed by atoms with Gasteiger partial charge in [0.1, 0.15) is 9.48 Å². The third-order valence-corrected chi connectivity index (χ3v) is 6.62. The predicted octanol–water partition coefficient (Wildman–Crippen LogP) is 2.22. The van der Waals surface area contributed by atoms with Crippen molar-refractivity contribution in [2.24, 2.45) is 0 Å². The van der Waals surface area contributed by atoms with Crippen molar-refractivity contribution in [2.75, 3.05) is 25.1 Å². The number of carboxylic acid groups (broad SMARTS) is 1. The Kier molecular flexibility index (Phi) is 6.36. The second-order valence-corrected chi connectivity index (χ2v) is 8.25. The number of aromatic amines is 1. The predicted molar refractivity (Wildman–Crippen MR) is 108 cm³/mol. The molecule has 1 aliphatic rings. The zero-order valence-electron chi connectivity index (χ0n) is 15.8. The molecule has 2 aromatic heterocycles. The summed E-state index contributed by atoms with van der Waals surface area (Å²) in [5.74, 6) is -0.990. The van der Waals surface area contributed by atoms with Gasteiger partial charge in [-0.3, -0.25) is 4.79 Å². The van der Waals surface area contributed by atoms with E-state index in [4.69, 9.17) is 4.74 Å². The molecule has 0 saturated carbocycles. The molecule has 28 heavy (non-hydrogen) atoms. The van der Waals surface area contributed by atoms with Crippen molar-refractivity contribution in [3.8, 4) is 0 Å². The Morgan fingerprint density at radius 2 is 2.21 bits per heavy atom. The molecule has 1 fully saturated rings. The van der Waals surface area contributed by atoms with Crippen LogP contribution in [0.1, 0.15) is 45.0 Å². The number of thiazole rings is 1. The van der Waals surface area contributed by atoms with E-state index in [9.17, 15) is 14.7 Å². The molecule has 152 valence electrons. The van der Waals surface area contributed by atoms with Gasteiger partial charge in [-0.25, -0.2) is 14.8 Å². The largest absolute Gasteiger partial charge is 0.477 e. The molecule has 3 heterocycles. The van der Waals surface area contributed by atoms with Crippen LogP contribution in [-0.4, -0.2) is 64.3 Å². The Balaban J connectivity index is 1.70. The van der Waals surface area contributed by atoms with E-state index in [0.717, 1.165) is 5.69 Å². The zero-order chi connectivity index (χ0) is 20.4. The maximum absolute atomic E-state index is 12.5. The summed E-state index contributed by atoms with van der Waals surface area (Å²) in [7, 11) is 1.60. The number of hydrogen-bond acceptors (Lipinski definition) is 7. The summed E-state index contributed by atoms with van der Waals surface area (Å²) >= 11 is 4.47. The van der Waals surface area contributed by atoms with E-state index in [1.165, 1.54) is 11.3 Å². The van der Waals surface area contributed by atoms with E-state index in [-0.39, 0.29) is 28.8 Å². The number of H-pyrrole nitrogens is 1. The number of aryl methyl sites for hydroxylation is 2. The van der Waals surface area contributed by atoms with E-state index >= 15 is 0 Å². The maximum atomic E-state index is 12.5. The van der Waals surface area contributed by atoms with Crippen molar-refractivity contribution in [3.63, 3.8) is 0 Å². The highest BCUT2D eigenvalue weighted by Gasteiger charge is 2.33. The fourth-order valence-corrected chi connectivity index (χ4v) is 4.46. The van der Waals surface area contributed by atoms with E-state index in [1.807, 2.05) is 18.7 Å². The monoisotopic (exact) mass is 471 g/mol. The Morgan fingerprint density at radius 3 is 2.75 bits per heavy atom. The van der Waals surface area contributed by atoms with Crippen LogP contribution < -0.4 is 10.2 Å². The lowest BCUT2D eigenvalue weighted by atomic mass is 10.0. The minimum absolute atomic E-state index is 0.178. The van der Waals surface area contributed by atoms with Crippen LogP contribution in [0, 0.1) is 6.92 Å². The van der Waals surface area contributed by atoms with Crippen LogP contribution in [-0.2, 0) is 11.2 Å². The molecule has 0 aromatic carbocycles. The molecule has 11 heteroatoms. The second-order valence-electron chi connectivity index (χ2n) is 6.52. The number of aromatic carboxylic acids is 1. The van der Waals surface area contributed by atoms with Gasteiger partial charge in [-0.05, 0) is 35.7 Å². The number of carbonyl (C=O) groups excluding carboxylic acids is 1. The molecule has 0 unspecified atom stereocenters. The number of methoxy groups -OCH3 is 1. The van der Waals surface area contributed by atoms with Crippen molar-refractivity contribution in [1.82, 2.24) is 20.3 Å². The molecule has 0 spiro atoms. The quantitative estimate of drug-likeness (QED) is 0.590. The summed E-state index contributed by atoms with van der Waals surface area (Å²) in [6.45, 7) is 4.87. The van der Waals surface area contributed by atoms with Gasteiger partial charge in [0.15, 0.2) is 11.0 Å². The number of carbonyl (C=O) groups is 2. The maximum Gasteiger partial charge on any atom is 0.347 e. The summed E-state index contributed by atoms with van der Waals surface area (Å²) < 4.78 is 6.21. The van der Waals surface area contributed by atoms with Gasteiger partial charge in [-0.1, -0.05) is 18.3 Å². The second kappa shape index (κ2) is 8.58. The van der Waals surface area contributed by atoms with Crippen LogP contribution in [0.4, 0.5) is 5.13 Å². The van der Waals surface area contributed by atoms with Crippen molar-refractivity contribution >= 4 is 44.3 Å². The van der Waals surface area contributed by atoms with Gasteiger partial charge in [0.05, 0.1) is 17.8 Å². The summed E-state index contributed by atoms with van der Waals surface area (Å²) in [5.41, 5.74) is 1.38. The van der Waals surface area contributed by atoms with Crippen LogP contribution in [0.15, 0.2) is 4.60 Å². The molecule has 2 atom stereocenters. The van der Waals surface area contributed by atoms with Crippen molar-refractivity contribution in [3.05, 3.63) is 26.7 Å². The van der Waals surface area contributed by atoms with Crippen molar-refractivity contribution < 1.29 is 19.4 Å². The molecule has 1 aliphatic heterocycles. The molecule has 0 bridgehead atoms. The smallest absolute Gasteiger partial charge is 0.347 e. The van der Waals surface area contributed by atoms with Gasteiger partial charge >= 0.3 is 5.97 Å². The highest BCUT2D eigenvalue weighted by atomic mass is 79.9. The molecule has 0 radical (unpaired) electrons. The standard InChI is InChI=1S/C17H22BrN5O4S/c1-4-9-12(16(25)26)28-17(21-9)23-6-5-10(11(7-23)27-3)20-15(24)14-19-8(2)13(18)22-14/h10-11H,4-7H2,1-3H3,(H,19,22)(H,20,24)(H,25,26)/t10-,11+/m1/s1. The molecule has 2 aromatic rings. The topological polar surface area (TPSA) is 120 Å². The van der Waals surface area contributed by atoms with E-state index in [1.54, 1.807) is 7.11 Å². The first-order chi connectivity index (χ1) is 13.3. The van der Waals surface area contributed by atoms with Gasteiger partial charge < -0.3 is 25.0 Å². The number of anilines is 1. The number of nitrogens with one attached hydrogen (secondary N) is 2. The van der Waals surface area contributed by atoms with Crippen LogP contribution >= 0.6 is 27.3 Å². The summed E-state index contributed by atoms with van der Waals surface area (Å²) in [6, 6.07) is -0.178. The fourth-order valence-electron chi connectivity index (χ4n) is 3.16. The molecular formula is C17H22BrN5O4S. The lowest BCUT2D eigenvalue weighted by Crippen LogP contribution is -2.55. The molecule has 1 saturated heterocycles. The average molecular weight is 472 g/mol. The zero-order valence-corrected chi connectivity index (χ0v) is 18.2. The van der Waals surface area contributed by atoms with Crippen LogP contribution in [0.2, 0.25) is 0 Å². The number of aromatic nitrogens is 3. The van der Waals surface area contributed by atoms with E-state index < -0.39 is 5.97 Å². The number of amides is 1. The minimum Gasteiger partial charge on any atom is -0.477 e. The van der Waals surface area contributed by atoms with E-state index in [0.29, 0.717) is 41.4 Å². The first-order valence-electron chi connectivity index (χ1n) is 8.87. The fraction of sp³-hybridized carbons (Fsp3) is 0.529. The van der Waals surface area contributed by atoms with Crippen molar-refractivity contribution in [1.29, 1.82) is 0 Å². The van der Waals surface area contributed by atoms with Gasteiger partial charge in [0.2, 0.25) is 0 Å². The summed E-state index contributed by atoms with van der Waals surface area (Å²) in [5, 5.41) is 13.0. The number of imidazole rings is 1.